The summed E-state index contributed by atoms with van der Waals surface area (Å²) in [7, 11) is 0. The van der Waals surface area contributed by atoms with Crippen molar-refractivity contribution in [2.75, 3.05) is 6.54 Å². The van der Waals surface area contributed by atoms with Gasteiger partial charge < -0.3 is 5.73 Å². The average Bonchev–Trinajstić information content (AvgIpc) is 2.38. The van der Waals surface area contributed by atoms with E-state index >= 15 is 0 Å². The van der Waals surface area contributed by atoms with Crippen molar-refractivity contribution in [2.45, 2.75) is 44.1 Å². The van der Waals surface area contributed by atoms with Gasteiger partial charge in [0.15, 0.2) is 0 Å². The van der Waals surface area contributed by atoms with Gasteiger partial charge in [-0.3, -0.25) is 0 Å². The standard InChI is InChI=1S/C16H25NS/c1-12-7-8-14(10-17)16(9-12)18-11-15-6-4-3-5-13(15)2/h3-6,12,14,16H,7-11,17H2,1-2H3. The molecular weight excluding hydrogens is 238 g/mol. The van der Waals surface area contributed by atoms with Gasteiger partial charge in [-0.15, -0.1) is 0 Å². The molecule has 1 aromatic carbocycles. The monoisotopic (exact) mass is 263 g/mol. The van der Waals surface area contributed by atoms with Gasteiger partial charge in [0.1, 0.15) is 0 Å². The van der Waals surface area contributed by atoms with E-state index in [1.807, 2.05) is 0 Å². The number of benzene rings is 1. The predicted molar refractivity (Wildman–Crippen MR) is 81.8 cm³/mol. The number of hydrogen-bond acceptors (Lipinski definition) is 2. The molecule has 2 rings (SSSR count). The van der Waals surface area contributed by atoms with Gasteiger partial charge in [-0.25, -0.2) is 0 Å². The van der Waals surface area contributed by atoms with Gasteiger partial charge in [0, 0.05) is 11.0 Å². The maximum absolute atomic E-state index is 5.92. The SMILES string of the molecule is Cc1ccccc1CSC1CC(C)CCC1CN. The highest BCUT2D eigenvalue weighted by Gasteiger charge is 2.27. The van der Waals surface area contributed by atoms with Crippen molar-refractivity contribution in [1.29, 1.82) is 0 Å². The Balaban J connectivity index is 1.93. The summed E-state index contributed by atoms with van der Waals surface area (Å²) in [4.78, 5) is 0. The molecule has 1 aliphatic carbocycles. The summed E-state index contributed by atoms with van der Waals surface area (Å²) in [5, 5.41) is 0.762. The quantitative estimate of drug-likeness (QED) is 0.889. The van der Waals surface area contributed by atoms with Crippen LogP contribution in [0.25, 0.3) is 0 Å². The smallest absolute Gasteiger partial charge is 0.0190 e. The van der Waals surface area contributed by atoms with Crippen LogP contribution in [0.1, 0.15) is 37.3 Å². The minimum Gasteiger partial charge on any atom is -0.330 e. The van der Waals surface area contributed by atoms with E-state index in [1.165, 1.54) is 30.4 Å². The zero-order chi connectivity index (χ0) is 13.0. The first-order chi connectivity index (χ1) is 8.70. The second-order valence-electron chi connectivity index (χ2n) is 5.69. The fraction of sp³-hybridized carbons (Fsp3) is 0.625. The Kier molecular flexibility index (Phi) is 5.13. The van der Waals surface area contributed by atoms with E-state index in [-0.39, 0.29) is 0 Å². The van der Waals surface area contributed by atoms with Crippen LogP contribution in [0.2, 0.25) is 0 Å². The maximum Gasteiger partial charge on any atom is 0.0190 e. The molecule has 18 heavy (non-hydrogen) atoms. The first-order valence-electron chi connectivity index (χ1n) is 7.07. The molecule has 1 fully saturated rings. The molecule has 100 valence electrons. The summed E-state index contributed by atoms with van der Waals surface area (Å²) >= 11 is 2.12. The number of aryl methyl sites for hydroxylation is 1. The first kappa shape index (κ1) is 14.0. The first-order valence-corrected chi connectivity index (χ1v) is 8.11. The van der Waals surface area contributed by atoms with Crippen LogP contribution in [0, 0.1) is 18.8 Å². The van der Waals surface area contributed by atoms with Gasteiger partial charge in [-0.05, 0) is 49.3 Å². The zero-order valence-corrected chi connectivity index (χ0v) is 12.4. The van der Waals surface area contributed by atoms with Gasteiger partial charge in [-0.2, -0.15) is 11.8 Å². The second-order valence-corrected chi connectivity index (χ2v) is 6.92. The number of thioether (sulfide) groups is 1. The molecule has 0 spiro atoms. The van der Waals surface area contributed by atoms with Crippen molar-refractivity contribution < 1.29 is 0 Å². The molecule has 0 amide bonds. The summed E-state index contributed by atoms with van der Waals surface area (Å²) in [5.41, 5.74) is 8.82. The van der Waals surface area contributed by atoms with Crippen molar-refractivity contribution in [3.8, 4) is 0 Å². The fourth-order valence-corrected chi connectivity index (χ4v) is 4.54. The highest BCUT2D eigenvalue weighted by atomic mass is 32.2. The lowest BCUT2D eigenvalue weighted by Gasteiger charge is -2.34. The van der Waals surface area contributed by atoms with E-state index in [2.05, 4.69) is 49.9 Å². The van der Waals surface area contributed by atoms with Crippen LogP contribution < -0.4 is 5.73 Å². The Morgan fingerprint density at radius 1 is 1.28 bits per heavy atom. The van der Waals surface area contributed by atoms with Crippen molar-refractivity contribution in [2.24, 2.45) is 17.6 Å². The molecular formula is C16H25NS. The third kappa shape index (κ3) is 3.52. The van der Waals surface area contributed by atoms with E-state index < -0.39 is 0 Å². The molecule has 0 bridgehead atoms. The lowest BCUT2D eigenvalue weighted by Crippen LogP contribution is -2.31. The molecule has 3 unspecified atom stereocenters. The molecule has 2 N–H and O–H groups in total. The van der Waals surface area contributed by atoms with Gasteiger partial charge in [0.2, 0.25) is 0 Å². The highest BCUT2D eigenvalue weighted by molar-refractivity contribution is 7.99. The Morgan fingerprint density at radius 2 is 2.06 bits per heavy atom. The van der Waals surface area contributed by atoms with Gasteiger partial charge in [-0.1, -0.05) is 37.6 Å². The normalized spacial score (nSPS) is 28.3. The Hall–Kier alpha value is -0.470. The largest absolute Gasteiger partial charge is 0.330 e. The third-order valence-corrected chi connectivity index (χ3v) is 5.69. The molecule has 0 aromatic heterocycles. The zero-order valence-electron chi connectivity index (χ0n) is 11.6. The molecule has 2 heteroatoms. The van der Waals surface area contributed by atoms with Gasteiger partial charge >= 0.3 is 0 Å². The maximum atomic E-state index is 5.92. The molecule has 0 saturated heterocycles. The van der Waals surface area contributed by atoms with E-state index in [0.717, 1.165) is 29.4 Å². The molecule has 3 atom stereocenters. The average molecular weight is 263 g/mol. The van der Waals surface area contributed by atoms with Crippen molar-refractivity contribution >= 4 is 11.8 Å². The lowest BCUT2D eigenvalue weighted by molar-refractivity contribution is 0.306. The lowest BCUT2D eigenvalue weighted by atomic mass is 9.82. The van der Waals surface area contributed by atoms with E-state index in [4.69, 9.17) is 5.73 Å². The van der Waals surface area contributed by atoms with Crippen LogP contribution in [0.15, 0.2) is 24.3 Å². The van der Waals surface area contributed by atoms with E-state index in [9.17, 15) is 0 Å². The van der Waals surface area contributed by atoms with Crippen LogP contribution in [0.3, 0.4) is 0 Å². The third-order valence-electron chi connectivity index (χ3n) is 4.21. The van der Waals surface area contributed by atoms with Crippen LogP contribution in [0.5, 0.6) is 0 Å². The summed E-state index contributed by atoms with van der Waals surface area (Å²) in [6, 6.07) is 8.73. The number of rotatable bonds is 4. The summed E-state index contributed by atoms with van der Waals surface area (Å²) in [6.07, 6.45) is 4.03. The minimum absolute atomic E-state index is 0.732. The molecule has 1 aromatic rings. The molecule has 0 heterocycles. The second kappa shape index (κ2) is 6.63. The predicted octanol–water partition coefficient (Wildman–Crippen LogP) is 3.99. The van der Waals surface area contributed by atoms with Crippen molar-refractivity contribution in [3.05, 3.63) is 35.4 Å². The Bertz CT molecular complexity index is 377. The summed E-state index contributed by atoms with van der Waals surface area (Å²) in [6.45, 7) is 5.45. The summed E-state index contributed by atoms with van der Waals surface area (Å²) < 4.78 is 0. The minimum atomic E-state index is 0.732. The number of hydrogen-bond donors (Lipinski definition) is 1. The van der Waals surface area contributed by atoms with Gasteiger partial charge in [0.05, 0.1) is 0 Å². The van der Waals surface area contributed by atoms with Gasteiger partial charge in [0.25, 0.3) is 0 Å². The van der Waals surface area contributed by atoms with Crippen molar-refractivity contribution in [1.82, 2.24) is 0 Å². The Morgan fingerprint density at radius 3 is 2.78 bits per heavy atom. The Labute approximate surface area is 116 Å². The highest BCUT2D eigenvalue weighted by Crippen LogP contribution is 2.37. The summed E-state index contributed by atoms with van der Waals surface area (Å²) in [5.74, 6) is 2.75. The fourth-order valence-electron chi connectivity index (χ4n) is 2.83. The van der Waals surface area contributed by atoms with E-state index in [0.29, 0.717) is 0 Å². The van der Waals surface area contributed by atoms with Crippen LogP contribution in [-0.4, -0.2) is 11.8 Å². The van der Waals surface area contributed by atoms with Crippen LogP contribution in [-0.2, 0) is 5.75 Å². The van der Waals surface area contributed by atoms with E-state index in [1.54, 1.807) is 0 Å². The molecule has 1 aliphatic rings. The number of nitrogens with two attached hydrogens (primary N) is 1. The van der Waals surface area contributed by atoms with Crippen LogP contribution in [0.4, 0.5) is 0 Å². The topological polar surface area (TPSA) is 26.0 Å². The van der Waals surface area contributed by atoms with Crippen molar-refractivity contribution in [3.63, 3.8) is 0 Å². The van der Waals surface area contributed by atoms with Crippen LogP contribution >= 0.6 is 11.8 Å². The molecule has 0 radical (unpaired) electrons. The molecule has 0 aliphatic heterocycles. The molecule has 1 saturated carbocycles. The molecule has 1 nitrogen and oxygen atoms in total.